The molecule has 0 spiro atoms. The number of hydrogen-bond acceptors (Lipinski definition) is 3. The van der Waals surface area contributed by atoms with Gasteiger partial charge in [-0.05, 0) is 48.5 Å². The molecule has 5 nitrogen and oxygen atoms in total. The fourth-order valence-corrected chi connectivity index (χ4v) is 2.13. The molecule has 0 saturated heterocycles. The lowest BCUT2D eigenvalue weighted by Crippen LogP contribution is -2.28. The van der Waals surface area contributed by atoms with Gasteiger partial charge in [0.25, 0.3) is 0 Å². The van der Waals surface area contributed by atoms with Crippen molar-refractivity contribution in [3.8, 4) is 11.5 Å². The Bertz CT molecular complexity index is 847. The first-order chi connectivity index (χ1) is 12.2. The maximum absolute atomic E-state index is 11.9. The first kappa shape index (κ1) is 16.3. The average Bonchev–Trinajstić information content (AvgIpc) is 2.65. The third-order valence-electron chi connectivity index (χ3n) is 3.33. The Morgan fingerprint density at radius 3 is 1.56 bits per heavy atom. The zero-order valence-corrected chi connectivity index (χ0v) is 13.3. The van der Waals surface area contributed by atoms with Crippen molar-refractivity contribution >= 4 is 23.2 Å². The lowest BCUT2D eigenvalue weighted by Gasteiger charge is -2.08. The Morgan fingerprint density at radius 1 is 0.560 bits per heavy atom. The second kappa shape index (κ2) is 7.79. The van der Waals surface area contributed by atoms with Crippen LogP contribution in [-0.4, -0.2) is 11.8 Å². The number of nitrogens with one attached hydrogen (secondary N) is 2. The van der Waals surface area contributed by atoms with Crippen molar-refractivity contribution in [1.82, 2.24) is 0 Å². The lowest BCUT2D eigenvalue weighted by molar-refractivity contribution is -0.132. The van der Waals surface area contributed by atoms with E-state index in [2.05, 4.69) is 10.6 Å². The van der Waals surface area contributed by atoms with Crippen LogP contribution in [0, 0.1) is 0 Å². The smallest absolute Gasteiger partial charge is 0.314 e. The van der Waals surface area contributed by atoms with Crippen molar-refractivity contribution in [2.75, 3.05) is 10.6 Å². The van der Waals surface area contributed by atoms with Gasteiger partial charge >= 0.3 is 11.8 Å². The summed E-state index contributed by atoms with van der Waals surface area (Å²) in [5, 5.41) is 5.08. The van der Waals surface area contributed by atoms with Crippen LogP contribution < -0.4 is 15.4 Å². The molecule has 3 rings (SSSR count). The van der Waals surface area contributed by atoms with Gasteiger partial charge in [-0.15, -0.1) is 0 Å². The minimum Gasteiger partial charge on any atom is -0.457 e. The van der Waals surface area contributed by atoms with E-state index in [0.717, 1.165) is 5.75 Å². The molecule has 3 aromatic carbocycles. The summed E-state index contributed by atoms with van der Waals surface area (Å²) < 4.78 is 5.67. The highest BCUT2D eigenvalue weighted by Crippen LogP contribution is 2.22. The molecule has 3 aromatic rings. The maximum atomic E-state index is 11.9. The highest BCUT2D eigenvalue weighted by molar-refractivity contribution is 6.43. The van der Waals surface area contributed by atoms with Gasteiger partial charge in [-0.3, -0.25) is 9.59 Å². The summed E-state index contributed by atoms with van der Waals surface area (Å²) in [5.41, 5.74) is 1.07. The maximum Gasteiger partial charge on any atom is 0.314 e. The lowest BCUT2D eigenvalue weighted by atomic mass is 10.3. The number of benzene rings is 3. The molecule has 0 radical (unpaired) electrons. The first-order valence-electron chi connectivity index (χ1n) is 7.71. The van der Waals surface area contributed by atoms with E-state index in [4.69, 9.17) is 4.74 Å². The molecule has 0 aromatic heterocycles. The van der Waals surface area contributed by atoms with Gasteiger partial charge < -0.3 is 15.4 Å². The number of carbonyl (C=O) groups excluding carboxylic acids is 2. The van der Waals surface area contributed by atoms with Crippen LogP contribution in [0.4, 0.5) is 11.4 Å². The summed E-state index contributed by atoms with van der Waals surface area (Å²) >= 11 is 0. The third-order valence-corrected chi connectivity index (χ3v) is 3.33. The van der Waals surface area contributed by atoms with Crippen LogP contribution in [0.1, 0.15) is 0 Å². The number of rotatable bonds is 4. The molecule has 5 heteroatoms. The summed E-state index contributed by atoms with van der Waals surface area (Å²) in [6.07, 6.45) is 0. The Hall–Kier alpha value is -3.60. The van der Waals surface area contributed by atoms with Gasteiger partial charge in [0, 0.05) is 11.4 Å². The quantitative estimate of drug-likeness (QED) is 0.708. The molecule has 0 aliphatic heterocycles. The minimum absolute atomic E-state index is 0.508. The SMILES string of the molecule is O=C(Nc1ccccc1)C(=O)Nc1ccc(Oc2ccccc2)cc1. The second-order valence-corrected chi connectivity index (χ2v) is 5.21. The number of hydrogen-bond donors (Lipinski definition) is 2. The monoisotopic (exact) mass is 332 g/mol. The summed E-state index contributed by atoms with van der Waals surface area (Å²) in [4.78, 5) is 23.8. The highest BCUT2D eigenvalue weighted by Gasteiger charge is 2.13. The topological polar surface area (TPSA) is 67.4 Å². The fraction of sp³-hybridized carbons (Fsp3) is 0. The van der Waals surface area contributed by atoms with Crippen molar-refractivity contribution in [2.45, 2.75) is 0 Å². The predicted octanol–water partition coefficient (Wildman–Crippen LogP) is 4.06. The van der Waals surface area contributed by atoms with Crippen LogP contribution in [0.15, 0.2) is 84.9 Å². The number of ether oxygens (including phenoxy) is 1. The number of carbonyl (C=O) groups is 2. The molecule has 25 heavy (non-hydrogen) atoms. The fourth-order valence-electron chi connectivity index (χ4n) is 2.13. The molecule has 0 bridgehead atoms. The summed E-state index contributed by atoms with van der Waals surface area (Å²) in [5.74, 6) is -0.101. The van der Waals surface area contributed by atoms with Crippen LogP contribution in [0.2, 0.25) is 0 Å². The van der Waals surface area contributed by atoms with Gasteiger partial charge in [-0.1, -0.05) is 36.4 Å². The van der Waals surface area contributed by atoms with E-state index in [1.165, 1.54) is 0 Å². The largest absolute Gasteiger partial charge is 0.457 e. The van der Waals surface area contributed by atoms with Crippen molar-refractivity contribution in [1.29, 1.82) is 0 Å². The molecular formula is C20H16N2O3. The number of para-hydroxylation sites is 2. The van der Waals surface area contributed by atoms with Crippen LogP contribution >= 0.6 is 0 Å². The summed E-state index contributed by atoms with van der Waals surface area (Å²) in [7, 11) is 0. The molecule has 0 saturated carbocycles. The van der Waals surface area contributed by atoms with E-state index in [1.54, 1.807) is 48.5 Å². The Morgan fingerprint density at radius 2 is 1.00 bits per heavy atom. The van der Waals surface area contributed by atoms with Crippen molar-refractivity contribution < 1.29 is 14.3 Å². The van der Waals surface area contributed by atoms with Gasteiger partial charge in [0.05, 0.1) is 0 Å². The van der Waals surface area contributed by atoms with Gasteiger partial charge in [0.15, 0.2) is 0 Å². The van der Waals surface area contributed by atoms with Gasteiger partial charge in [-0.2, -0.15) is 0 Å². The molecule has 0 atom stereocenters. The molecule has 0 unspecified atom stereocenters. The molecular weight excluding hydrogens is 316 g/mol. The van der Waals surface area contributed by atoms with Crippen molar-refractivity contribution in [3.05, 3.63) is 84.9 Å². The molecule has 0 heterocycles. The predicted molar refractivity (Wildman–Crippen MR) is 96.7 cm³/mol. The van der Waals surface area contributed by atoms with Crippen LogP contribution in [0.3, 0.4) is 0 Å². The van der Waals surface area contributed by atoms with Crippen molar-refractivity contribution in [2.24, 2.45) is 0 Å². The number of anilines is 2. The number of amides is 2. The van der Waals surface area contributed by atoms with Crippen LogP contribution in [-0.2, 0) is 9.59 Å². The normalized spacial score (nSPS) is 9.92. The molecule has 0 fully saturated rings. The van der Waals surface area contributed by atoms with E-state index in [9.17, 15) is 9.59 Å². The molecule has 2 amide bonds. The Balaban J connectivity index is 1.57. The van der Waals surface area contributed by atoms with Gasteiger partial charge in [0.1, 0.15) is 11.5 Å². The molecule has 0 aliphatic rings. The zero-order chi connectivity index (χ0) is 17.5. The zero-order valence-electron chi connectivity index (χ0n) is 13.3. The summed E-state index contributed by atoms with van der Waals surface area (Å²) in [6.45, 7) is 0. The molecule has 2 N–H and O–H groups in total. The van der Waals surface area contributed by atoms with E-state index in [1.807, 2.05) is 36.4 Å². The third kappa shape index (κ3) is 4.68. The summed E-state index contributed by atoms with van der Waals surface area (Å²) in [6, 6.07) is 25.0. The van der Waals surface area contributed by atoms with E-state index < -0.39 is 11.8 Å². The first-order valence-corrected chi connectivity index (χ1v) is 7.71. The van der Waals surface area contributed by atoms with Crippen molar-refractivity contribution in [3.63, 3.8) is 0 Å². The second-order valence-electron chi connectivity index (χ2n) is 5.21. The van der Waals surface area contributed by atoms with Gasteiger partial charge in [0.2, 0.25) is 0 Å². The molecule has 0 aliphatic carbocycles. The van der Waals surface area contributed by atoms with Crippen LogP contribution in [0.5, 0.6) is 11.5 Å². The molecule has 124 valence electrons. The van der Waals surface area contributed by atoms with E-state index >= 15 is 0 Å². The average molecular weight is 332 g/mol. The van der Waals surface area contributed by atoms with E-state index in [-0.39, 0.29) is 0 Å². The van der Waals surface area contributed by atoms with E-state index in [0.29, 0.717) is 17.1 Å². The van der Waals surface area contributed by atoms with Gasteiger partial charge in [-0.25, -0.2) is 0 Å². The standard InChI is InChI=1S/C20H16N2O3/c23-19(21-15-7-3-1-4-8-15)20(24)22-16-11-13-18(14-12-16)25-17-9-5-2-6-10-17/h1-14H,(H,21,23)(H,22,24). The van der Waals surface area contributed by atoms with Crippen LogP contribution in [0.25, 0.3) is 0 Å². The minimum atomic E-state index is -0.736. The highest BCUT2D eigenvalue weighted by atomic mass is 16.5. The Kier molecular flexibility index (Phi) is 5.07. The Labute approximate surface area is 145 Å².